The Morgan fingerprint density at radius 1 is 0.436 bits per heavy atom. The number of hydrogen-bond acceptors (Lipinski definition) is 2. The van der Waals surface area contributed by atoms with Crippen molar-refractivity contribution in [3.63, 3.8) is 0 Å². The summed E-state index contributed by atoms with van der Waals surface area (Å²) >= 11 is 0. The number of hydrogen-bond donors (Lipinski definition) is 1. The summed E-state index contributed by atoms with van der Waals surface area (Å²) in [6.07, 6.45) is 0. The van der Waals surface area contributed by atoms with E-state index < -0.39 is 0 Å². The number of rotatable bonds is 4. The number of anilines is 2. The molecule has 0 bridgehead atoms. The van der Waals surface area contributed by atoms with Crippen LogP contribution in [0.4, 0.5) is 11.4 Å². The van der Waals surface area contributed by atoms with Crippen LogP contribution in [-0.2, 0) is 0 Å². The Morgan fingerprint density at radius 3 is 1.97 bits per heavy atom. The van der Waals surface area contributed by atoms with Crippen LogP contribution in [0.1, 0.15) is 0 Å². The summed E-state index contributed by atoms with van der Waals surface area (Å²) in [6.45, 7) is 0. The summed E-state index contributed by atoms with van der Waals surface area (Å²) in [5, 5.41) is 8.34. The van der Waals surface area contributed by atoms with Crippen molar-refractivity contribution in [1.82, 2.24) is 4.57 Å². The van der Waals surface area contributed by atoms with Gasteiger partial charge < -0.3 is 14.3 Å². The largest absolute Gasteiger partial charge is 0.456 e. The molecule has 39 heavy (non-hydrogen) atoms. The smallest absolute Gasteiger partial charge is 0.135 e. The molecule has 0 aliphatic heterocycles. The number of furan rings is 1. The van der Waals surface area contributed by atoms with Crippen LogP contribution in [0.25, 0.3) is 60.6 Å². The molecule has 0 aliphatic rings. The Labute approximate surface area is 225 Å². The molecule has 0 atom stereocenters. The van der Waals surface area contributed by atoms with Gasteiger partial charge in [0.2, 0.25) is 0 Å². The molecular formula is C36H24N2O. The van der Waals surface area contributed by atoms with E-state index in [0.29, 0.717) is 0 Å². The molecule has 2 aromatic heterocycles. The minimum Gasteiger partial charge on any atom is -0.456 e. The molecule has 0 saturated heterocycles. The lowest BCUT2D eigenvalue weighted by molar-refractivity contribution is 0.669. The van der Waals surface area contributed by atoms with Crippen LogP contribution in [0.3, 0.4) is 0 Å². The molecule has 0 fully saturated rings. The third-order valence-corrected chi connectivity index (χ3v) is 7.57. The number of benzene rings is 6. The average Bonchev–Trinajstić information content (AvgIpc) is 3.53. The maximum absolute atomic E-state index is 5.98. The van der Waals surface area contributed by atoms with Gasteiger partial charge in [-0.25, -0.2) is 0 Å². The lowest BCUT2D eigenvalue weighted by atomic mass is 10.0. The Morgan fingerprint density at radius 2 is 1.10 bits per heavy atom. The molecular weight excluding hydrogens is 476 g/mol. The van der Waals surface area contributed by atoms with Crippen molar-refractivity contribution in [3.8, 4) is 16.8 Å². The predicted molar refractivity (Wildman–Crippen MR) is 163 cm³/mol. The molecule has 0 saturated carbocycles. The number of nitrogens with one attached hydrogen (secondary N) is 1. The fourth-order valence-electron chi connectivity index (χ4n) is 5.72. The first-order valence-electron chi connectivity index (χ1n) is 13.2. The van der Waals surface area contributed by atoms with Crippen LogP contribution in [0.5, 0.6) is 0 Å². The van der Waals surface area contributed by atoms with Gasteiger partial charge in [0, 0.05) is 38.6 Å². The van der Waals surface area contributed by atoms with Gasteiger partial charge >= 0.3 is 0 Å². The first-order chi connectivity index (χ1) is 19.3. The maximum Gasteiger partial charge on any atom is 0.135 e. The average molecular weight is 501 g/mol. The van der Waals surface area contributed by atoms with Crippen LogP contribution in [0.2, 0.25) is 0 Å². The van der Waals surface area contributed by atoms with Gasteiger partial charge in [0.15, 0.2) is 0 Å². The van der Waals surface area contributed by atoms with E-state index in [2.05, 4.69) is 125 Å². The predicted octanol–water partition coefficient (Wildman–Crippen LogP) is 10.1. The van der Waals surface area contributed by atoms with Gasteiger partial charge in [0.25, 0.3) is 0 Å². The number of aromatic nitrogens is 1. The molecule has 184 valence electrons. The van der Waals surface area contributed by atoms with E-state index in [0.717, 1.165) is 33.3 Å². The van der Waals surface area contributed by atoms with E-state index in [1.165, 1.54) is 38.6 Å². The summed E-state index contributed by atoms with van der Waals surface area (Å²) in [7, 11) is 0. The molecule has 3 nitrogen and oxygen atoms in total. The van der Waals surface area contributed by atoms with E-state index in [1.54, 1.807) is 0 Å². The fourth-order valence-corrected chi connectivity index (χ4v) is 5.72. The maximum atomic E-state index is 5.98. The van der Waals surface area contributed by atoms with Crippen molar-refractivity contribution >= 4 is 55.1 Å². The number of para-hydroxylation sites is 3. The van der Waals surface area contributed by atoms with Crippen LogP contribution in [-0.4, -0.2) is 4.57 Å². The molecule has 0 spiro atoms. The second kappa shape index (κ2) is 8.64. The molecule has 0 radical (unpaired) electrons. The molecule has 2 heterocycles. The van der Waals surface area contributed by atoms with E-state index in [1.807, 2.05) is 24.3 Å². The lowest BCUT2D eigenvalue weighted by Crippen LogP contribution is -1.92. The van der Waals surface area contributed by atoms with Crippen molar-refractivity contribution in [2.24, 2.45) is 0 Å². The molecule has 3 heteroatoms. The highest BCUT2D eigenvalue weighted by atomic mass is 16.3. The highest BCUT2D eigenvalue weighted by Gasteiger charge is 2.13. The van der Waals surface area contributed by atoms with Gasteiger partial charge in [-0.15, -0.1) is 0 Å². The van der Waals surface area contributed by atoms with Crippen LogP contribution < -0.4 is 5.32 Å². The first-order valence-corrected chi connectivity index (χ1v) is 13.2. The van der Waals surface area contributed by atoms with Crippen LogP contribution in [0, 0.1) is 0 Å². The summed E-state index contributed by atoms with van der Waals surface area (Å²) < 4.78 is 8.33. The molecule has 8 aromatic rings. The number of nitrogens with zero attached hydrogens (tertiary/aromatic N) is 1. The van der Waals surface area contributed by atoms with Crippen LogP contribution in [0.15, 0.2) is 144 Å². The Hall–Kier alpha value is -5.28. The van der Waals surface area contributed by atoms with Crippen molar-refractivity contribution in [3.05, 3.63) is 140 Å². The van der Waals surface area contributed by atoms with Crippen molar-refractivity contribution in [2.75, 3.05) is 5.32 Å². The zero-order chi connectivity index (χ0) is 25.8. The van der Waals surface area contributed by atoms with E-state index >= 15 is 0 Å². The van der Waals surface area contributed by atoms with E-state index in [4.69, 9.17) is 4.42 Å². The summed E-state index contributed by atoms with van der Waals surface area (Å²) in [6, 6.07) is 49.1. The topological polar surface area (TPSA) is 30.1 Å². The van der Waals surface area contributed by atoms with Crippen molar-refractivity contribution in [2.45, 2.75) is 0 Å². The van der Waals surface area contributed by atoms with E-state index in [-0.39, 0.29) is 0 Å². The zero-order valence-corrected chi connectivity index (χ0v) is 21.1. The van der Waals surface area contributed by atoms with Gasteiger partial charge in [-0.1, -0.05) is 72.8 Å². The monoisotopic (exact) mass is 500 g/mol. The van der Waals surface area contributed by atoms with Crippen molar-refractivity contribution in [1.29, 1.82) is 0 Å². The molecule has 0 aliphatic carbocycles. The third kappa shape index (κ3) is 3.59. The molecule has 6 aromatic carbocycles. The van der Waals surface area contributed by atoms with Gasteiger partial charge in [-0.2, -0.15) is 0 Å². The normalized spacial score (nSPS) is 11.6. The second-order valence-corrected chi connectivity index (χ2v) is 9.93. The number of fused-ring (bicyclic) bond motifs is 6. The molecule has 1 N–H and O–H groups in total. The van der Waals surface area contributed by atoms with E-state index in [9.17, 15) is 0 Å². The highest BCUT2D eigenvalue weighted by molar-refractivity contribution is 6.10. The van der Waals surface area contributed by atoms with Crippen LogP contribution >= 0.6 is 0 Å². The van der Waals surface area contributed by atoms with Gasteiger partial charge in [0.05, 0.1) is 11.0 Å². The lowest BCUT2D eigenvalue weighted by Gasteiger charge is -2.09. The molecule has 8 rings (SSSR count). The summed E-state index contributed by atoms with van der Waals surface area (Å²) in [4.78, 5) is 0. The quantitative estimate of drug-likeness (QED) is 0.260. The summed E-state index contributed by atoms with van der Waals surface area (Å²) in [5.41, 5.74) is 9.91. The van der Waals surface area contributed by atoms with Gasteiger partial charge in [-0.05, 0) is 77.9 Å². The third-order valence-electron chi connectivity index (χ3n) is 7.57. The van der Waals surface area contributed by atoms with Gasteiger partial charge in [0.1, 0.15) is 11.2 Å². The SMILES string of the molecule is c1ccc(-n2c3ccccc3c3cc(-c4ccc(Nc5ccc6oc7ccccc7c6c5)cc4)ccc32)cc1. The zero-order valence-electron chi connectivity index (χ0n) is 21.1. The minimum absolute atomic E-state index is 0.904. The second-order valence-electron chi connectivity index (χ2n) is 9.93. The van der Waals surface area contributed by atoms with Crippen molar-refractivity contribution < 1.29 is 4.42 Å². The minimum atomic E-state index is 0.904. The van der Waals surface area contributed by atoms with Gasteiger partial charge in [-0.3, -0.25) is 0 Å². The fraction of sp³-hybridized carbons (Fsp3) is 0. The standard InChI is InChI=1S/C36H24N2O/c1-2-8-28(9-3-1)38-33-12-6-4-10-29(33)31-22-25(16-20-34(31)38)24-14-17-26(18-15-24)37-27-19-21-36-32(23-27)30-11-5-7-13-35(30)39-36/h1-23,37H. The molecule has 0 unspecified atom stereocenters. The molecule has 0 amide bonds. The highest BCUT2D eigenvalue weighted by Crippen LogP contribution is 2.36. The first kappa shape index (κ1) is 21.8. The summed E-state index contributed by atoms with van der Waals surface area (Å²) in [5.74, 6) is 0. The Balaban J connectivity index is 1.14. The Kier molecular flexibility index (Phi) is 4.82. The Bertz CT molecular complexity index is 2130.